The van der Waals surface area contributed by atoms with Crippen LogP contribution in [-0.4, -0.2) is 9.97 Å². The molecule has 19 heavy (non-hydrogen) atoms. The summed E-state index contributed by atoms with van der Waals surface area (Å²) in [7, 11) is 0. The molecule has 0 radical (unpaired) electrons. The van der Waals surface area contributed by atoms with Crippen LogP contribution in [-0.2, 0) is 0 Å². The Bertz CT molecular complexity index is 759. The molecule has 0 atom stereocenters. The molecule has 1 aromatic heterocycles. The lowest BCUT2D eigenvalue weighted by atomic mass is 10.2. The minimum atomic E-state index is -0.352. The zero-order valence-electron chi connectivity index (χ0n) is 9.57. The highest BCUT2D eigenvalue weighted by molar-refractivity contribution is 9.10. The molecule has 94 valence electrons. The molecule has 2 nitrogen and oxygen atoms in total. The van der Waals surface area contributed by atoms with Gasteiger partial charge in [0.25, 0.3) is 0 Å². The normalized spacial score (nSPS) is 10.9. The van der Waals surface area contributed by atoms with Crippen molar-refractivity contribution in [3.8, 4) is 11.4 Å². The van der Waals surface area contributed by atoms with Crippen molar-refractivity contribution >= 4 is 38.4 Å². The van der Waals surface area contributed by atoms with Gasteiger partial charge in [0.1, 0.15) is 11.0 Å². The first-order chi connectivity index (χ1) is 9.13. The quantitative estimate of drug-likeness (QED) is 0.593. The first kappa shape index (κ1) is 12.5. The largest absolute Gasteiger partial charge is 0.228 e. The molecule has 0 saturated carbocycles. The third-order valence-electron chi connectivity index (χ3n) is 2.71. The van der Waals surface area contributed by atoms with Gasteiger partial charge in [0.15, 0.2) is 5.82 Å². The Balaban J connectivity index is 2.20. The Hall–Kier alpha value is -1.52. The Labute approximate surface area is 122 Å². The van der Waals surface area contributed by atoms with Crippen LogP contribution in [0.5, 0.6) is 0 Å². The van der Waals surface area contributed by atoms with Crippen molar-refractivity contribution in [3.05, 3.63) is 57.9 Å². The molecule has 2 aromatic carbocycles. The van der Waals surface area contributed by atoms with Gasteiger partial charge in [0.2, 0.25) is 0 Å². The molecule has 0 bridgehead atoms. The van der Waals surface area contributed by atoms with Crippen LogP contribution >= 0.6 is 27.5 Å². The van der Waals surface area contributed by atoms with Crippen LogP contribution in [0.2, 0.25) is 5.15 Å². The van der Waals surface area contributed by atoms with E-state index in [-0.39, 0.29) is 11.0 Å². The monoisotopic (exact) mass is 336 g/mol. The lowest BCUT2D eigenvalue weighted by Gasteiger charge is -2.05. The lowest BCUT2D eigenvalue weighted by Crippen LogP contribution is -1.92. The summed E-state index contributed by atoms with van der Waals surface area (Å²) in [4.78, 5) is 8.61. The molecular weight excluding hydrogens is 331 g/mol. The molecule has 3 rings (SSSR count). The number of rotatable bonds is 1. The maximum absolute atomic E-state index is 13.2. The molecule has 0 aliphatic rings. The first-order valence-electron chi connectivity index (χ1n) is 5.52. The van der Waals surface area contributed by atoms with Crippen LogP contribution in [0.15, 0.2) is 46.9 Å². The standard InChI is InChI=1S/C14H7BrClFN2/c15-9-3-1-8(2-4-9)14-18-12-6-5-10(17)7-11(12)13(16)19-14/h1-7H. The number of halogens is 3. The third kappa shape index (κ3) is 2.46. The van der Waals surface area contributed by atoms with E-state index in [0.29, 0.717) is 16.7 Å². The molecule has 0 aliphatic carbocycles. The van der Waals surface area contributed by atoms with Crippen molar-refractivity contribution in [2.75, 3.05) is 0 Å². The predicted octanol–water partition coefficient (Wildman–Crippen LogP) is 4.85. The van der Waals surface area contributed by atoms with E-state index in [2.05, 4.69) is 25.9 Å². The van der Waals surface area contributed by atoms with Crippen LogP contribution in [0, 0.1) is 5.82 Å². The summed E-state index contributed by atoms with van der Waals surface area (Å²) in [6.07, 6.45) is 0. The van der Waals surface area contributed by atoms with Crippen molar-refractivity contribution < 1.29 is 4.39 Å². The minimum Gasteiger partial charge on any atom is -0.228 e. The minimum absolute atomic E-state index is 0.252. The molecule has 5 heteroatoms. The van der Waals surface area contributed by atoms with E-state index in [0.717, 1.165) is 10.0 Å². The zero-order chi connectivity index (χ0) is 13.4. The van der Waals surface area contributed by atoms with E-state index in [1.165, 1.54) is 12.1 Å². The summed E-state index contributed by atoms with van der Waals surface area (Å²) in [5, 5.41) is 0.768. The second kappa shape index (κ2) is 4.87. The molecular formula is C14H7BrClFN2. The van der Waals surface area contributed by atoms with Gasteiger partial charge in [0.05, 0.1) is 5.52 Å². The maximum Gasteiger partial charge on any atom is 0.161 e. The Morgan fingerprint density at radius 3 is 2.47 bits per heavy atom. The summed E-state index contributed by atoms with van der Waals surface area (Å²) >= 11 is 9.46. The topological polar surface area (TPSA) is 25.8 Å². The SMILES string of the molecule is Fc1ccc2nc(-c3ccc(Br)cc3)nc(Cl)c2c1. The average molecular weight is 338 g/mol. The molecule has 0 N–H and O–H groups in total. The summed E-state index contributed by atoms with van der Waals surface area (Å²) < 4.78 is 14.1. The molecule has 0 amide bonds. The summed E-state index contributed by atoms with van der Waals surface area (Å²) in [6, 6.07) is 11.9. The van der Waals surface area contributed by atoms with Gasteiger partial charge in [-0.25, -0.2) is 14.4 Å². The zero-order valence-corrected chi connectivity index (χ0v) is 11.9. The summed E-state index contributed by atoms with van der Waals surface area (Å²) in [5.41, 5.74) is 1.48. The number of benzene rings is 2. The van der Waals surface area contributed by atoms with Crippen molar-refractivity contribution in [2.24, 2.45) is 0 Å². The van der Waals surface area contributed by atoms with Gasteiger partial charge in [-0.3, -0.25) is 0 Å². The molecule has 3 aromatic rings. The Kier molecular flexibility index (Phi) is 3.21. The predicted molar refractivity (Wildman–Crippen MR) is 77.6 cm³/mol. The molecule has 0 fully saturated rings. The van der Waals surface area contributed by atoms with E-state index in [1.54, 1.807) is 6.07 Å². The maximum atomic E-state index is 13.2. The van der Waals surface area contributed by atoms with E-state index in [9.17, 15) is 4.39 Å². The van der Waals surface area contributed by atoms with E-state index in [4.69, 9.17) is 11.6 Å². The van der Waals surface area contributed by atoms with Crippen LogP contribution in [0.4, 0.5) is 4.39 Å². The number of aromatic nitrogens is 2. The van der Waals surface area contributed by atoms with Crippen molar-refractivity contribution in [1.29, 1.82) is 0 Å². The third-order valence-corrected chi connectivity index (χ3v) is 3.53. The second-order valence-electron chi connectivity index (χ2n) is 4.01. The average Bonchev–Trinajstić information content (AvgIpc) is 2.40. The van der Waals surface area contributed by atoms with Gasteiger partial charge in [-0.2, -0.15) is 0 Å². The van der Waals surface area contributed by atoms with Crippen molar-refractivity contribution in [2.45, 2.75) is 0 Å². The number of fused-ring (bicyclic) bond motifs is 1. The number of hydrogen-bond donors (Lipinski definition) is 0. The highest BCUT2D eigenvalue weighted by Crippen LogP contribution is 2.26. The molecule has 0 saturated heterocycles. The second-order valence-corrected chi connectivity index (χ2v) is 5.28. The highest BCUT2D eigenvalue weighted by Gasteiger charge is 2.08. The Morgan fingerprint density at radius 2 is 1.74 bits per heavy atom. The lowest BCUT2D eigenvalue weighted by molar-refractivity contribution is 0.629. The summed E-state index contributed by atoms with van der Waals surface area (Å²) in [5.74, 6) is 0.172. The van der Waals surface area contributed by atoms with E-state index < -0.39 is 0 Å². The van der Waals surface area contributed by atoms with Gasteiger partial charge in [-0.15, -0.1) is 0 Å². The smallest absolute Gasteiger partial charge is 0.161 e. The van der Waals surface area contributed by atoms with Crippen LogP contribution in [0.3, 0.4) is 0 Å². The molecule has 1 heterocycles. The number of hydrogen-bond acceptors (Lipinski definition) is 2. The van der Waals surface area contributed by atoms with Crippen LogP contribution in [0.25, 0.3) is 22.3 Å². The van der Waals surface area contributed by atoms with Gasteiger partial charge in [0, 0.05) is 15.4 Å². The van der Waals surface area contributed by atoms with E-state index in [1.807, 2.05) is 24.3 Å². The van der Waals surface area contributed by atoms with Gasteiger partial charge in [-0.05, 0) is 30.3 Å². The van der Waals surface area contributed by atoms with Crippen LogP contribution < -0.4 is 0 Å². The van der Waals surface area contributed by atoms with Gasteiger partial charge >= 0.3 is 0 Å². The molecule has 0 unspecified atom stereocenters. The fourth-order valence-corrected chi connectivity index (χ4v) is 2.29. The fraction of sp³-hybridized carbons (Fsp3) is 0. The fourth-order valence-electron chi connectivity index (χ4n) is 1.79. The van der Waals surface area contributed by atoms with Gasteiger partial charge < -0.3 is 0 Å². The van der Waals surface area contributed by atoms with Crippen molar-refractivity contribution in [1.82, 2.24) is 9.97 Å². The van der Waals surface area contributed by atoms with Gasteiger partial charge in [-0.1, -0.05) is 39.7 Å². The summed E-state index contributed by atoms with van der Waals surface area (Å²) in [6.45, 7) is 0. The highest BCUT2D eigenvalue weighted by atomic mass is 79.9. The van der Waals surface area contributed by atoms with E-state index >= 15 is 0 Å². The van der Waals surface area contributed by atoms with Crippen LogP contribution in [0.1, 0.15) is 0 Å². The number of nitrogens with zero attached hydrogens (tertiary/aromatic N) is 2. The van der Waals surface area contributed by atoms with Crippen molar-refractivity contribution in [3.63, 3.8) is 0 Å². The molecule has 0 spiro atoms. The Morgan fingerprint density at radius 1 is 1.00 bits per heavy atom. The molecule has 0 aliphatic heterocycles. The first-order valence-corrected chi connectivity index (χ1v) is 6.69.